The average Bonchev–Trinajstić information content (AvgIpc) is 3.20. The minimum atomic E-state index is -0.798. The van der Waals surface area contributed by atoms with E-state index in [0.717, 1.165) is 11.1 Å². The third-order valence-corrected chi connectivity index (χ3v) is 6.64. The Bertz CT molecular complexity index is 1140. The molecular weight excluding hydrogens is 414 g/mol. The Balaban J connectivity index is 1.66. The number of imide groups is 1. The third-order valence-electron chi connectivity index (χ3n) is 6.39. The van der Waals surface area contributed by atoms with Crippen LogP contribution in [0, 0.1) is 17.3 Å². The van der Waals surface area contributed by atoms with Crippen molar-refractivity contribution in [2.24, 2.45) is 22.4 Å². The monoisotopic (exact) mass is 435 g/mol. The molecule has 6 nitrogen and oxygen atoms in total. The van der Waals surface area contributed by atoms with Crippen LogP contribution in [0.25, 0.3) is 0 Å². The molecule has 1 unspecified atom stereocenters. The highest BCUT2D eigenvalue weighted by Crippen LogP contribution is 2.53. The molecule has 0 bridgehead atoms. The van der Waals surface area contributed by atoms with Gasteiger partial charge in [-0.25, -0.2) is 4.90 Å². The molecule has 7 heteroatoms. The molecule has 2 amide bonds. The maximum atomic E-state index is 13.6. The molecule has 0 aromatic heterocycles. The quantitative estimate of drug-likeness (QED) is 0.672. The first-order valence-electron chi connectivity index (χ1n) is 10.3. The number of carbonyl (C=O) groups excluding carboxylic acids is 3. The van der Waals surface area contributed by atoms with Crippen LogP contribution in [-0.4, -0.2) is 34.9 Å². The minimum absolute atomic E-state index is 0.0966. The fraction of sp³-hybridized carbons (Fsp3) is 0.333. The Labute approximate surface area is 185 Å². The van der Waals surface area contributed by atoms with E-state index in [0.29, 0.717) is 10.7 Å². The summed E-state index contributed by atoms with van der Waals surface area (Å²) < 4.78 is 0. The highest BCUT2D eigenvalue weighted by Gasteiger charge is 2.66. The molecule has 0 aliphatic carbocycles. The third kappa shape index (κ3) is 2.85. The van der Waals surface area contributed by atoms with E-state index in [1.54, 1.807) is 35.5 Å². The van der Waals surface area contributed by atoms with Gasteiger partial charge >= 0.3 is 0 Å². The van der Waals surface area contributed by atoms with Gasteiger partial charge in [-0.1, -0.05) is 56.6 Å². The van der Waals surface area contributed by atoms with Crippen molar-refractivity contribution in [3.8, 4) is 0 Å². The number of nitrogens with zero attached hydrogens (tertiary/aromatic N) is 3. The molecule has 158 valence electrons. The molecule has 2 fully saturated rings. The van der Waals surface area contributed by atoms with E-state index in [1.165, 1.54) is 4.90 Å². The van der Waals surface area contributed by atoms with Gasteiger partial charge in [-0.15, -0.1) is 0 Å². The van der Waals surface area contributed by atoms with Crippen LogP contribution in [-0.2, 0) is 14.4 Å². The van der Waals surface area contributed by atoms with Crippen LogP contribution >= 0.6 is 11.6 Å². The summed E-state index contributed by atoms with van der Waals surface area (Å²) in [6.45, 7) is 5.49. The number of rotatable bonds is 2. The molecule has 2 aromatic carbocycles. The molecule has 2 aromatic rings. The molecule has 3 heterocycles. The van der Waals surface area contributed by atoms with E-state index < -0.39 is 29.3 Å². The average molecular weight is 436 g/mol. The van der Waals surface area contributed by atoms with Crippen molar-refractivity contribution in [1.82, 2.24) is 5.01 Å². The number of hydrazone groups is 1. The summed E-state index contributed by atoms with van der Waals surface area (Å²) in [4.78, 5) is 42.0. The second-order valence-electron chi connectivity index (χ2n) is 9.30. The van der Waals surface area contributed by atoms with Crippen molar-refractivity contribution >= 4 is 41.1 Å². The minimum Gasteiger partial charge on any atom is -0.297 e. The second kappa shape index (κ2) is 6.76. The topological polar surface area (TPSA) is 70.0 Å². The first-order chi connectivity index (χ1) is 14.7. The summed E-state index contributed by atoms with van der Waals surface area (Å²) >= 11 is 5.99. The number of hydrogen-bond acceptors (Lipinski definition) is 5. The lowest BCUT2D eigenvalue weighted by molar-refractivity contribution is -0.136. The van der Waals surface area contributed by atoms with Crippen molar-refractivity contribution in [3.05, 3.63) is 64.7 Å². The maximum absolute atomic E-state index is 13.6. The van der Waals surface area contributed by atoms with Crippen molar-refractivity contribution in [2.45, 2.75) is 32.9 Å². The lowest BCUT2D eigenvalue weighted by Gasteiger charge is -2.35. The van der Waals surface area contributed by atoms with Crippen molar-refractivity contribution < 1.29 is 14.4 Å². The number of carbonyl (C=O) groups is 3. The molecule has 0 saturated carbocycles. The maximum Gasteiger partial charge on any atom is 0.240 e. The first kappa shape index (κ1) is 19.9. The number of ketones is 1. The molecule has 2 saturated heterocycles. The predicted molar refractivity (Wildman–Crippen MR) is 118 cm³/mol. The Morgan fingerprint density at radius 1 is 0.968 bits per heavy atom. The van der Waals surface area contributed by atoms with Crippen molar-refractivity contribution in [3.63, 3.8) is 0 Å². The zero-order chi connectivity index (χ0) is 22.1. The Hall–Kier alpha value is -2.99. The van der Waals surface area contributed by atoms with Gasteiger partial charge in [0.25, 0.3) is 0 Å². The van der Waals surface area contributed by atoms with Crippen LogP contribution in [0.2, 0.25) is 5.02 Å². The summed E-state index contributed by atoms with van der Waals surface area (Å²) in [5.74, 6) is -2.23. The number of amides is 2. The fourth-order valence-electron chi connectivity index (χ4n) is 4.96. The number of hydrogen-bond donors (Lipinski definition) is 0. The van der Waals surface area contributed by atoms with Gasteiger partial charge in [-0.2, -0.15) is 5.10 Å². The molecule has 31 heavy (non-hydrogen) atoms. The summed E-state index contributed by atoms with van der Waals surface area (Å²) in [6.07, 6.45) is 1.71. The summed E-state index contributed by atoms with van der Waals surface area (Å²) in [7, 11) is 0. The second-order valence-corrected chi connectivity index (χ2v) is 9.73. The smallest absolute Gasteiger partial charge is 0.240 e. The van der Waals surface area contributed by atoms with E-state index in [2.05, 4.69) is 5.10 Å². The molecule has 4 atom stereocenters. The Morgan fingerprint density at radius 3 is 2.29 bits per heavy atom. The van der Waals surface area contributed by atoms with Gasteiger partial charge in [-0.05, 0) is 35.4 Å². The van der Waals surface area contributed by atoms with Gasteiger partial charge in [0.15, 0.2) is 5.78 Å². The summed E-state index contributed by atoms with van der Waals surface area (Å²) in [5, 5.41) is 6.77. The molecular formula is C24H22ClN3O3. The van der Waals surface area contributed by atoms with E-state index in [1.807, 2.05) is 45.0 Å². The van der Waals surface area contributed by atoms with E-state index in [9.17, 15) is 14.4 Å². The van der Waals surface area contributed by atoms with E-state index in [-0.39, 0.29) is 17.6 Å². The number of anilines is 1. The predicted octanol–water partition coefficient (Wildman–Crippen LogP) is 3.83. The Morgan fingerprint density at radius 2 is 1.61 bits per heavy atom. The van der Waals surface area contributed by atoms with Gasteiger partial charge in [0.05, 0.1) is 29.8 Å². The molecule has 0 radical (unpaired) electrons. The molecule has 5 rings (SSSR count). The van der Waals surface area contributed by atoms with Crippen LogP contribution in [0.5, 0.6) is 0 Å². The van der Waals surface area contributed by atoms with Crippen LogP contribution in [0.1, 0.15) is 37.9 Å². The molecule has 0 spiro atoms. The van der Waals surface area contributed by atoms with Crippen LogP contribution in [0.4, 0.5) is 5.69 Å². The van der Waals surface area contributed by atoms with Gasteiger partial charge in [0.1, 0.15) is 6.04 Å². The number of fused-ring (bicyclic) bond motifs is 5. The highest BCUT2D eigenvalue weighted by molar-refractivity contribution is 6.31. The largest absolute Gasteiger partial charge is 0.297 e. The van der Waals surface area contributed by atoms with Crippen LogP contribution in [0.15, 0.2) is 53.6 Å². The highest BCUT2D eigenvalue weighted by atomic mass is 35.5. The van der Waals surface area contributed by atoms with Crippen LogP contribution < -0.4 is 4.90 Å². The van der Waals surface area contributed by atoms with Gasteiger partial charge in [0, 0.05) is 10.4 Å². The fourth-order valence-corrected chi connectivity index (χ4v) is 5.08. The standard InChI is InChI=1S/C24H22ClN3O3/c1-24(2,3)21(29)20-18-17(19-16-7-5-4-6-13(16)12-26-28(19)20)22(30)27(23(18)31)15-10-8-14(25)9-11-15/h4-12,17-20H,1-3H3/t17-,18+,19?,20-/m0/s1. The van der Waals surface area contributed by atoms with E-state index >= 15 is 0 Å². The van der Waals surface area contributed by atoms with Gasteiger partial charge in [0.2, 0.25) is 11.8 Å². The molecule has 0 N–H and O–H groups in total. The molecule has 3 aliphatic heterocycles. The van der Waals surface area contributed by atoms with Crippen molar-refractivity contribution in [1.29, 1.82) is 0 Å². The number of Topliss-reactive ketones (excluding diaryl/α,β-unsaturated/α-hetero) is 1. The first-order valence-corrected chi connectivity index (χ1v) is 10.7. The number of halogens is 1. The zero-order valence-electron chi connectivity index (χ0n) is 17.4. The summed E-state index contributed by atoms with van der Waals surface area (Å²) in [5.41, 5.74) is 1.59. The van der Waals surface area contributed by atoms with E-state index in [4.69, 9.17) is 11.6 Å². The Kier molecular flexibility index (Phi) is 4.35. The summed E-state index contributed by atoms with van der Waals surface area (Å²) in [6, 6.07) is 13.0. The zero-order valence-corrected chi connectivity index (χ0v) is 18.2. The van der Waals surface area contributed by atoms with Crippen molar-refractivity contribution in [2.75, 3.05) is 4.90 Å². The normalized spacial score (nSPS) is 26.7. The molecule has 3 aliphatic rings. The number of benzene rings is 2. The van der Waals surface area contributed by atoms with Gasteiger partial charge in [-0.3, -0.25) is 19.4 Å². The SMILES string of the molecule is CC(C)(C)C(=O)[C@@H]1[C@@H]2C(=O)N(c3ccc(Cl)cc3)C(=O)[C@@H]2C2c3ccccc3C=NN21. The lowest BCUT2D eigenvalue weighted by Crippen LogP contribution is -2.48. The van der Waals surface area contributed by atoms with Gasteiger partial charge < -0.3 is 0 Å². The lowest BCUT2D eigenvalue weighted by atomic mass is 9.79. The van der Waals surface area contributed by atoms with Crippen LogP contribution in [0.3, 0.4) is 0 Å².